The first-order chi connectivity index (χ1) is 22.0. The van der Waals surface area contributed by atoms with Crippen molar-refractivity contribution in [2.24, 2.45) is 0 Å². The second-order valence-electron chi connectivity index (χ2n) is 11.5. The normalized spacial score (nSPS) is 12.6. The number of rotatable bonds is 14. The molecule has 0 aliphatic carbocycles. The molecule has 4 rings (SSSR count). The molecule has 46 heavy (non-hydrogen) atoms. The van der Waals surface area contributed by atoms with Gasteiger partial charge >= 0.3 is 0 Å². The van der Waals surface area contributed by atoms with Gasteiger partial charge in [0.25, 0.3) is 10.0 Å². The van der Waals surface area contributed by atoms with Gasteiger partial charge in [-0.2, -0.15) is 0 Å². The van der Waals surface area contributed by atoms with Crippen LogP contribution in [0.3, 0.4) is 0 Å². The number of hydrogen-bond acceptors (Lipinski definition) is 5. The van der Waals surface area contributed by atoms with E-state index in [1.807, 2.05) is 101 Å². The van der Waals surface area contributed by atoms with Crippen molar-refractivity contribution in [3.8, 4) is 0 Å². The summed E-state index contributed by atoms with van der Waals surface area (Å²) in [6.45, 7) is 7.46. The van der Waals surface area contributed by atoms with Crippen LogP contribution in [0, 0.1) is 13.8 Å². The van der Waals surface area contributed by atoms with Crippen LogP contribution in [0.5, 0.6) is 0 Å². The fourth-order valence-corrected chi connectivity index (χ4v) is 6.90. The molecule has 0 saturated carbocycles. The lowest BCUT2D eigenvalue weighted by Gasteiger charge is -2.34. The smallest absolute Gasteiger partial charge is 0.264 e. The molecule has 2 atom stereocenters. The minimum Gasteiger partial charge on any atom is -0.352 e. The molecule has 0 aliphatic heterocycles. The Kier molecular flexibility index (Phi) is 12.1. The van der Waals surface area contributed by atoms with Gasteiger partial charge in [-0.3, -0.25) is 13.9 Å². The van der Waals surface area contributed by atoms with Crippen molar-refractivity contribution in [3.63, 3.8) is 0 Å². The summed E-state index contributed by atoms with van der Waals surface area (Å²) in [7, 11) is -4.15. The summed E-state index contributed by atoms with van der Waals surface area (Å²) in [5.41, 5.74) is 4.07. The van der Waals surface area contributed by atoms with Crippen molar-refractivity contribution in [1.82, 2.24) is 10.2 Å². The Morgan fingerprint density at radius 1 is 0.848 bits per heavy atom. The predicted octanol–water partition coefficient (Wildman–Crippen LogP) is 6.78. The summed E-state index contributed by atoms with van der Waals surface area (Å²) in [4.78, 5) is 31.1. The fourth-order valence-electron chi connectivity index (χ4n) is 5.08. The van der Waals surface area contributed by atoms with Gasteiger partial charge in [-0.25, -0.2) is 8.42 Å². The molecule has 0 saturated heterocycles. The topological polar surface area (TPSA) is 86.8 Å². The maximum atomic E-state index is 14.6. The quantitative estimate of drug-likeness (QED) is 0.151. The highest BCUT2D eigenvalue weighted by molar-refractivity contribution is 7.98. The van der Waals surface area contributed by atoms with Crippen molar-refractivity contribution < 1.29 is 18.0 Å². The number of benzene rings is 4. The zero-order chi connectivity index (χ0) is 33.3. The molecule has 0 unspecified atom stereocenters. The van der Waals surface area contributed by atoms with Crippen molar-refractivity contribution in [2.75, 3.05) is 17.1 Å². The number of carbonyl (C=O) groups excluding carboxylic acids is 2. The van der Waals surface area contributed by atoms with Crippen LogP contribution in [0.25, 0.3) is 0 Å². The molecule has 9 heteroatoms. The van der Waals surface area contributed by atoms with Gasteiger partial charge in [-0.15, -0.1) is 11.8 Å². The summed E-state index contributed by atoms with van der Waals surface area (Å²) in [5.74, 6) is -0.758. The Hall–Kier alpha value is -4.08. The molecule has 0 aromatic heterocycles. The Balaban J connectivity index is 1.81. The fraction of sp³-hybridized carbons (Fsp3) is 0.297. The molecule has 0 heterocycles. The van der Waals surface area contributed by atoms with Gasteiger partial charge in [0.05, 0.1) is 10.6 Å². The SMILES string of the molecule is CC[C@H](C)NC(=O)[C@@H](Cc1ccccc1)N(Cc1ccccc1C)C(=O)CN(c1ccc(C)cc1)S(=O)(=O)c1ccc(SC)cc1. The van der Waals surface area contributed by atoms with E-state index in [1.54, 1.807) is 41.3 Å². The lowest BCUT2D eigenvalue weighted by atomic mass is 10.0. The zero-order valence-electron chi connectivity index (χ0n) is 27.1. The number of sulfonamides is 1. The van der Waals surface area contributed by atoms with Gasteiger partial charge in [0, 0.05) is 23.9 Å². The second kappa shape index (κ2) is 16.0. The number of amides is 2. The highest BCUT2D eigenvalue weighted by atomic mass is 32.2. The average molecular weight is 658 g/mol. The Bertz CT molecular complexity index is 1710. The van der Waals surface area contributed by atoms with Crippen molar-refractivity contribution in [1.29, 1.82) is 0 Å². The molecule has 0 fully saturated rings. The minimum absolute atomic E-state index is 0.0829. The lowest BCUT2D eigenvalue weighted by molar-refractivity contribution is -0.140. The van der Waals surface area contributed by atoms with Gasteiger partial charge in [0.1, 0.15) is 12.6 Å². The van der Waals surface area contributed by atoms with Crippen molar-refractivity contribution >= 4 is 39.3 Å². The Labute approximate surface area is 278 Å². The van der Waals surface area contributed by atoms with Crippen LogP contribution >= 0.6 is 11.8 Å². The van der Waals surface area contributed by atoms with Crippen LogP contribution in [0.4, 0.5) is 5.69 Å². The van der Waals surface area contributed by atoms with Gasteiger partial charge in [0.15, 0.2) is 0 Å². The number of thioether (sulfide) groups is 1. The summed E-state index contributed by atoms with van der Waals surface area (Å²) in [6, 6.07) is 30.0. The highest BCUT2D eigenvalue weighted by Gasteiger charge is 2.35. The highest BCUT2D eigenvalue weighted by Crippen LogP contribution is 2.27. The summed E-state index contributed by atoms with van der Waals surface area (Å²) < 4.78 is 29.6. The van der Waals surface area contributed by atoms with Crippen molar-refractivity contribution in [2.45, 2.75) is 69.0 Å². The first-order valence-corrected chi connectivity index (χ1v) is 18.1. The van der Waals surface area contributed by atoms with E-state index in [9.17, 15) is 18.0 Å². The number of aryl methyl sites for hydroxylation is 2. The molecule has 0 bridgehead atoms. The molecule has 0 spiro atoms. The first-order valence-electron chi connectivity index (χ1n) is 15.4. The average Bonchev–Trinajstić information content (AvgIpc) is 3.06. The third-order valence-electron chi connectivity index (χ3n) is 8.12. The zero-order valence-corrected chi connectivity index (χ0v) is 28.8. The molecule has 7 nitrogen and oxygen atoms in total. The van der Waals surface area contributed by atoms with Gasteiger partial charge in [-0.1, -0.05) is 79.2 Å². The third-order valence-corrected chi connectivity index (χ3v) is 10.7. The number of anilines is 1. The van der Waals surface area contributed by atoms with Crippen LogP contribution in [-0.2, 0) is 32.6 Å². The molecule has 2 amide bonds. The van der Waals surface area contributed by atoms with E-state index in [0.29, 0.717) is 5.69 Å². The third kappa shape index (κ3) is 8.79. The van der Waals surface area contributed by atoms with E-state index in [0.717, 1.165) is 37.9 Å². The number of hydrogen-bond donors (Lipinski definition) is 1. The molecule has 4 aromatic carbocycles. The van der Waals surface area contributed by atoms with Crippen LogP contribution in [0.2, 0.25) is 0 Å². The Morgan fingerprint density at radius 2 is 1.48 bits per heavy atom. The van der Waals surface area contributed by atoms with Crippen molar-refractivity contribution in [3.05, 3.63) is 125 Å². The first kappa shape index (κ1) is 34.8. The number of nitrogens with one attached hydrogen (secondary N) is 1. The molecular weight excluding hydrogens is 615 g/mol. The maximum absolute atomic E-state index is 14.6. The number of carbonyl (C=O) groups is 2. The monoisotopic (exact) mass is 657 g/mol. The van der Waals surface area contributed by atoms with E-state index in [-0.39, 0.29) is 29.8 Å². The van der Waals surface area contributed by atoms with Crippen LogP contribution in [0.1, 0.15) is 42.5 Å². The summed E-state index contributed by atoms with van der Waals surface area (Å²) in [6.07, 6.45) is 2.92. The maximum Gasteiger partial charge on any atom is 0.264 e. The van der Waals surface area contributed by atoms with E-state index < -0.39 is 28.5 Å². The van der Waals surface area contributed by atoms with Gasteiger partial charge < -0.3 is 10.2 Å². The van der Waals surface area contributed by atoms with Crippen LogP contribution < -0.4 is 9.62 Å². The Morgan fingerprint density at radius 3 is 2.09 bits per heavy atom. The largest absolute Gasteiger partial charge is 0.352 e. The van der Waals surface area contributed by atoms with E-state index in [1.165, 1.54) is 11.8 Å². The summed E-state index contributed by atoms with van der Waals surface area (Å²) in [5, 5.41) is 3.08. The lowest BCUT2D eigenvalue weighted by Crippen LogP contribution is -2.54. The molecule has 4 aromatic rings. The standard InChI is InChI=1S/C37H43N3O4S2/c1-6-29(4)38-37(42)35(24-30-13-8-7-9-14-30)39(25-31-15-11-10-12-28(31)3)36(41)26-40(32-18-16-27(2)17-19-32)46(43,44)34-22-20-33(45-5)21-23-34/h7-23,29,35H,6,24-26H2,1-5H3,(H,38,42)/t29-,35+/m0/s1. The minimum atomic E-state index is -4.15. The molecule has 242 valence electrons. The number of nitrogens with zero attached hydrogens (tertiary/aromatic N) is 2. The van der Waals surface area contributed by atoms with E-state index in [2.05, 4.69) is 5.32 Å². The van der Waals surface area contributed by atoms with Gasteiger partial charge in [-0.05, 0) is 86.5 Å². The van der Waals surface area contributed by atoms with Crippen LogP contribution in [-0.4, -0.2) is 50.0 Å². The molecular formula is C37H43N3O4S2. The predicted molar refractivity (Wildman–Crippen MR) is 187 cm³/mol. The molecule has 1 N–H and O–H groups in total. The van der Waals surface area contributed by atoms with Crippen LogP contribution in [0.15, 0.2) is 113 Å². The molecule has 0 radical (unpaired) electrons. The van der Waals surface area contributed by atoms with Gasteiger partial charge in [0.2, 0.25) is 11.8 Å². The molecule has 0 aliphatic rings. The second-order valence-corrected chi connectivity index (χ2v) is 14.2. The summed E-state index contributed by atoms with van der Waals surface area (Å²) >= 11 is 1.52. The van der Waals surface area contributed by atoms with E-state index >= 15 is 0 Å². The van der Waals surface area contributed by atoms with E-state index in [4.69, 9.17) is 0 Å².